The molecule has 0 fully saturated rings. The van der Waals surface area contributed by atoms with Gasteiger partial charge in [-0.25, -0.2) is 13.1 Å². The number of hydrogen-bond donors (Lipinski definition) is 2. The van der Waals surface area contributed by atoms with Gasteiger partial charge in [0.2, 0.25) is 15.9 Å². The molecule has 35 heavy (non-hydrogen) atoms. The summed E-state index contributed by atoms with van der Waals surface area (Å²) in [5.74, 6) is -0.389. The van der Waals surface area contributed by atoms with Crippen molar-refractivity contribution in [2.24, 2.45) is 10.2 Å². The van der Waals surface area contributed by atoms with Crippen LogP contribution >= 0.6 is 0 Å². The fourth-order valence-corrected chi connectivity index (χ4v) is 4.37. The number of pyridine rings is 1. The Bertz CT molecular complexity index is 1240. The lowest BCUT2D eigenvalue weighted by Gasteiger charge is -2.14. The molecule has 0 aliphatic carbocycles. The average molecular weight is 504 g/mol. The number of sulfonamides is 1. The fourth-order valence-electron chi connectivity index (χ4n) is 3.29. The molecule has 2 aromatic rings. The molecule has 0 saturated carbocycles. The molecular weight excluding hydrogens is 470 g/mol. The molecule has 0 bridgehead atoms. The second-order valence-corrected chi connectivity index (χ2v) is 10.4. The minimum Gasteiger partial charge on any atom is -0.493 e. The first-order chi connectivity index (χ1) is 16.5. The van der Waals surface area contributed by atoms with Gasteiger partial charge in [0.15, 0.2) is 5.69 Å². The molecule has 0 radical (unpaired) electrons. The fraction of sp³-hybridized carbons (Fsp3) is 0.478. The number of azo groups is 1. The molecule has 11 nitrogen and oxygen atoms in total. The number of nitriles is 1. The first-order valence-electron chi connectivity index (χ1n) is 11.1. The summed E-state index contributed by atoms with van der Waals surface area (Å²) in [4.78, 5) is 17.0. The van der Waals surface area contributed by atoms with E-state index in [0.29, 0.717) is 31.6 Å². The first kappa shape index (κ1) is 28.1. The SMILES string of the molecule is Cc1c(C#N)c(O)n(CCCN(C)C)c(=O)c1N=Nc1ccc(S(=O)(=O)NCCCN(C)C)cc1. The number of aromatic hydroxyl groups is 1. The van der Waals surface area contributed by atoms with Gasteiger partial charge in [-0.1, -0.05) is 0 Å². The highest BCUT2D eigenvalue weighted by Crippen LogP contribution is 2.27. The van der Waals surface area contributed by atoms with Gasteiger partial charge in [-0.15, -0.1) is 5.11 Å². The van der Waals surface area contributed by atoms with E-state index in [1.807, 2.05) is 44.1 Å². The second-order valence-electron chi connectivity index (χ2n) is 8.65. The lowest BCUT2D eigenvalue weighted by Crippen LogP contribution is -2.27. The molecule has 2 rings (SSSR count). The van der Waals surface area contributed by atoms with E-state index in [0.717, 1.165) is 11.1 Å². The summed E-state index contributed by atoms with van der Waals surface area (Å²) < 4.78 is 28.6. The number of hydrogen-bond acceptors (Lipinski definition) is 9. The van der Waals surface area contributed by atoms with Gasteiger partial charge in [0, 0.05) is 18.7 Å². The van der Waals surface area contributed by atoms with Gasteiger partial charge >= 0.3 is 0 Å². The third kappa shape index (κ3) is 7.69. The molecule has 1 aromatic carbocycles. The predicted molar refractivity (Wildman–Crippen MR) is 134 cm³/mol. The van der Waals surface area contributed by atoms with Crippen molar-refractivity contribution in [3.63, 3.8) is 0 Å². The van der Waals surface area contributed by atoms with Crippen LogP contribution < -0.4 is 10.3 Å². The zero-order valence-electron chi connectivity index (χ0n) is 20.8. The van der Waals surface area contributed by atoms with Crippen molar-refractivity contribution < 1.29 is 13.5 Å². The number of aromatic nitrogens is 1. The Morgan fingerprint density at radius 3 is 2.23 bits per heavy atom. The second kappa shape index (κ2) is 12.6. The van der Waals surface area contributed by atoms with Crippen molar-refractivity contribution >= 4 is 21.4 Å². The summed E-state index contributed by atoms with van der Waals surface area (Å²) in [7, 11) is 3.99. The third-order valence-corrected chi connectivity index (χ3v) is 6.72. The van der Waals surface area contributed by atoms with Gasteiger partial charge in [-0.3, -0.25) is 9.36 Å². The summed E-state index contributed by atoms with van der Waals surface area (Å²) in [6, 6.07) is 7.70. The van der Waals surface area contributed by atoms with E-state index in [9.17, 15) is 23.6 Å². The molecule has 0 unspecified atom stereocenters. The van der Waals surface area contributed by atoms with E-state index in [2.05, 4.69) is 15.0 Å². The normalized spacial score (nSPS) is 12.1. The summed E-state index contributed by atoms with van der Waals surface area (Å²) in [6.07, 6.45) is 1.27. The smallest absolute Gasteiger partial charge is 0.281 e. The van der Waals surface area contributed by atoms with Crippen molar-refractivity contribution in [3.8, 4) is 11.9 Å². The molecule has 2 N–H and O–H groups in total. The third-order valence-electron chi connectivity index (χ3n) is 5.24. The molecule has 1 aromatic heterocycles. The van der Waals surface area contributed by atoms with Crippen molar-refractivity contribution in [2.45, 2.75) is 31.2 Å². The molecule has 190 valence electrons. The summed E-state index contributed by atoms with van der Waals surface area (Å²) in [6.45, 7) is 3.52. The molecule has 12 heteroatoms. The Labute approximate surface area is 206 Å². The molecule has 0 saturated heterocycles. The van der Waals surface area contributed by atoms with Gasteiger partial charge in [0.05, 0.1) is 10.6 Å². The topological polar surface area (TPSA) is 143 Å². The molecule has 0 aliphatic rings. The summed E-state index contributed by atoms with van der Waals surface area (Å²) in [5, 5.41) is 28.0. The van der Waals surface area contributed by atoms with Gasteiger partial charge in [-0.2, -0.15) is 10.4 Å². The Balaban J connectivity index is 2.26. The number of nitrogens with one attached hydrogen (secondary N) is 1. The van der Waals surface area contributed by atoms with Crippen molar-refractivity contribution in [3.05, 3.63) is 45.7 Å². The molecule has 0 aliphatic heterocycles. The van der Waals surface area contributed by atoms with Crippen molar-refractivity contribution in [1.29, 1.82) is 5.26 Å². The van der Waals surface area contributed by atoms with Gasteiger partial charge < -0.3 is 14.9 Å². The largest absolute Gasteiger partial charge is 0.493 e. The van der Waals surface area contributed by atoms with Crippen molar-refractivity contribution in [1.82, 2.24) is 19.1 Å². The van der Waals surface area contributed by atoms with Crippen LogP contribution in [0.5, 0.6) is 5.88 Å². The Hall–Kier alpha value is -3.11. The molecule has 0 atom stereocenters. The van der Waals surface area contributed by atoms with Crippen LogP contribution in [0.2, 0.25) is 0 Å². The van der Waals surface area contributed by atoms with E-state index in [-0.39, 0.29) is 34.1 Å². The monoisotopic (exact) mass is 503 g/mol. The Morgan fingerprint density at radius 1 is 1.06 bits per heavy atom. The Morgan fingerprint density at radius 2 is 1.66 bits per heavy atom. The van der Waals surface area contributed by atoms with Crippen LogP contribution in [0.3, 0.4) is 0 Å². The van der Waals surface area contributed by atoms with Gasteiger partial charge in [0.1, 0.15) is 11.6 Å². The van der Waals surface area contributed by atoms with Crippen LogP contribution in [0.4, 0.5) is 11.4 Å². The van der Waals surface area contributed by atoms with Crippen LogP contribution in [0.25, 0.3) is 0 Å². The average Bonchev–Trinajstić information content (AvgIpc) is 2.79. The lowest BCUT2D eigenvalue weighted by atomic mass is 10.1. The first-order valence-corrected chi connectivity index (χ1v) is 12.6. The van der Waals surface area contributed by atoms with Gasteiger partial charge in [-0.05, 0) is 85.3 Å². The summed E-state index contributed by atoms with van der Waals surface area (Å²) in [5.41, 5.74) is -0.0823. The lowest BCUT2D eigenvalue weighted by molar-refractivity contribution is 0.361. The van der Waals surface area contributed by atoms with E-state index in [4.69, 9.17) is 0 Å². The Kier molecular flexibility index (Phi) is 10.1. The quantitative estimate of drug-likeness (QED) is 0.334. The van der Waals surface area contributed by atoms with E-state index in [1.165, 1.54) is 31.2 Å². The molecule has 0 amide bonds. The number of nitrogens with zero attached hydrogens (tertiary/aromatic N) is 6. The van der Waals surface area contributed by atoms with Gasteiger partial charge in [0.25, 0.3) is 5.56 Å². The summed E-state index contributed by atoms with van der Waals surface area (Å²) >= 11 is 0. The van der Waals surface area contributed by atoms with Crippen LogP contribution in [-0.2, 0) is 16.6 Å². The minimum absolute atomic E-state index is 0.0369. The molecule has 1 heterocycles. The van der Waals surface area contributed by atoms with Crippen LogP contribution in [0.15, 0.2) is 44.2 Å². The maximum absolute atomic E-state index is 13.0. The number of rotatable bonds is 12. The molecular formula is C23H33N7O4S. The standard InChI is InChI=1S/C23H33N7O4S/c1-17-20(16-24)22(31)30(15-7-14-29(4)5)23(32)21(17)27-26-18-8-10-19(11-9-18)35(33,34)25-12-6-13-28(2)3/h8-11,25,31H,6-7,12-15H2,1-5H3. The van der Waals surface area contributed by atoms with E-state index < -0.39 is 15.6 Å². The maximum Gasteiger partial charge on any atom is 0.281 e. The van der Waals surface area contributed by atoms with Crippen LogP contribution in [0, 0.1) is 18.3 Å². The maximum atomic E-state index is 13.0. The highest BCUT2D eigenvalue weighted by Gasteiger charge is 2.19. The zero-order chi connectivity index (χ0) is 26.2. The van der Waals surface area contributed by atoms with Crippen LogP contribution in [0.1, 0.15) is 24.0 Å². The highest BCUT2D eigenvalue weighted by molar-refractivity contribution is 7.89. The highest BCUT2D eigenvalue weighted by atomic mass is 32.2. The predicted octanol–water partition coefficient (Wildman–Crippen LogP) is 2.33. The number of benzene rings is 1. The van der Waals surface area contributed by atoms with Crippen molar-refractivity contribution in [2.75, 3.05) is 47.8 Å². The van der Waals surface area contributed by atoms with Crippen LogP contribution in [-0.4, -0.2) is 75.7 Å². The zero-order valence-corrected chi connectivity index (χ0v) is 21.6. The molecule has 0 spiro atoms. The van der Waals surface area contributed by atoms with E-state index >= 15 is 0 Å². The van der Waals surface area contributed by atoms with E-state index in [1.54, 1.807) is 0 Å². The minimum atomic E-state index is -3.65.